The van der Waals surface area contributed by atoms with Crippen molar-refractivity contribution in [2.24, 2.45) is 0 Å². The molecule has 274 valence electrons. The number of aliphatic hydroxyl groups excluding tert-OH is 1. The predicted molar refractivity (Wildman–Crippen MR) is 185 cm³/mol. The van der Waals surface area contributed by atoms with E-state index < -0.39 is 29.5 Å². The molecule has 4 rings (SSSR count). The highest BCUT2D eigenvalue weighted by Crippen LogP contribution is 2.41. The molecule has 1 amide bonds. The Morgan fingerprint density at radius 1 is 0.959 bits per heavy atom. The zero-order chi connectivity index (χ0) is 35.3. The fourth-order valence-electron chi connectivity index (χ4n) is 6.10. The van der Waals surface area contributed by atoms with Gasteiger partial charge >= 0.3 is 6.09 Å². The number of anilines is 1. The number of methoxy groups -OCH3 is 3. The first kappa shape index (κ1) is 38.8. The van der Waals surface area contributed by atoms with Crippen molar-refractivity contribution in [3.63, 3.8) is 0 Å². The Balaban J connectivity index is 1.63. The second-order valence-electron chi connectivity index (χ2n) is 13.5. The number of carbonyl (C=O) groups excluding carboxylic acids is 1. The molecule has 3 atom stereocenters. The maximum absolute atomic E-state index is 13.3. The van der Waals surface area contributed by atoms with Crippen molar-refractivity contribution < 1.29 is 47.8 Å². The van der Waals surface area contributed by atoms with E-state index in [1.54, 1.807) is 26.2 Å². The Kier molecular flexibility index (Phi) is 14.9. The molecule has 1 saturated heterocycles. The molecule has 0 unspecified atom stereocenters. The number of ether oxygens (including phenoxy) is 8. The molecule has 0 radical (unpaired) electrons. The number of carbonyl (C=O) groups is 1. The van der Waals surface area contributed by atoms with Crippen LogP contribution in [-0.4, -0.2) is 121 Å². The van der Waals surface area contributed by atoms with Crippen molar-refractivity contribution >= 4 is 11.8 Å². The molecule has 0 aromatic heterocycles. The van der Waals surface area contributed by atoms with E-state index in [1.165, 1.54) is 0 Å². The van der Waals surface area contributed by atoms with Gasteiger partial charge in [0.1, 0.15) is 35.8 Å². The average molecular weight is 689 g/mol. The molecule has 49 heavy (non-hydrogen) atoms. The summed E-state index contributed by atoms with van der Waals surface area (Å²) in [5, 5.41) is 10.7. The van der Waals surface area contributed by atoms with Crippen molar-refractivity contribution in [1.82, 2.24) is 4.90 Å². The average Bonchev–Trinajstić information content (AvgIpc) is 3.08. The zero-order valence-corrected chi connectivity index (χ0v) is 30.1. The minimum absolute atomic E-state index is 0.0225. The molecule has 2 aliphatic rings. The van der Waals surface area contributed by atoms with Gasteiger partial charge < -0.3 is 52.8 Å². The fourth-order valence-corrected chi connectivity index (χ4v) is 6.10. The van der Waals surface area contributed by atoms with Crippen LogP contribution >= 0.6 is 0 Å². The van der Waals surface area contributed by atoms with E-state index in [0.717, 1.165) is 47.6 Å². The summed E-state index contributed by atoms with van der Waals surface area (Å²) in [6.07, 6.45) is -0.519. The molecule has 2 heterocycles. The molecule has 12 nitrogen and oxygen atoms in total. The minimum Gasteiger partial charge on any atom is -0.490 e. The van der Waals surface area contributed by atoms with Gasteiger partial charge in [-0.2, -0.15) is 0 Å². The van der Waals surface area contributed by atoms with Gasteiger partial charge in [0.25, 0.3) is 0 Å². The van der Waals surface area contributed by atoms with Gasteiger partial charge in [0.05, 0.1) is 58.4 Å². The van der Waals surface area contributed by atoms with Crippen LogP contribution in [0.4, 0.5) is 10.5 Å². The van der Waals surface area contributed by atoms with Crippen LogP contribution in [0.25, 0.3) is 0 Å². The summed E-state index contributed by atoms with van der Waals surface area (Å²) in [5.41, 5.74) is 2.25. The van der Waals surface area contributed by atoms with E-state index in [9.17, 15) is 9.90 Å². The molecule has 0 bridgehead atoms. The number of likely N-dealkylation sites (tertiary alicyclic amines) is 1. The highest BCUT2D eigenvalue weighted by molar-refractivity contribution is 5.68. The van der Waals surface area contributed by atoms with E-state index in [1.807, 2.05) is 57.2 Å². The first-order valence-corrected chi connectivity index (χ1v) is 17.1. The number of aliphatic hydroxyl groups is 1. The van der Waals surface area contributed by atoms with Gasteiger partial charge in [-0.05, 0) is 56.0 Å². The van der Waals surface area contributed by atoms with Crippen molar-refractivity contribution in [3.8, 4) is 5.75 Å². The first-order valence-electron chi connectivity index (χ1n) is 17.1. The molecule has 2 aliphatic heterocycles. The van der Waals surface area contributed by atoms with E-state index >= 15 is 0 Å². The normalized spacial score (nSPS) is 20.1. The molecule has 2 aromatic carbocycles. The van der Waals surface area contributed by atoms with Crippen molar-refractivity contribution in [3.05, 3.63) is 59.2 Å². The summed E-state index contributed by atoms with van der Waals surface area (Å²) in [6.45, 7) is 11.0. The molecular formula is C37H56N2O10. The molecule has 0 aliphatic carbocycles. The third-order valence-corrected chi connectivity index (χ3v) is 8.56. The van der Waals surface area contributed by atoms with Crippen LogP contribution in [0.5, 0.6) is 5.75 Å². The number of hydrogen-bond donors (Lipinski definition) is 1. The van der Waals surface area contributed by atoms with Crippen LogP contribution in [-0.2, 0) is 52.0 Å². The van der Waals surface area contributed by atoms with Gasteiger partial charge in [0, 0.05) is 47.4 Å². The number of rotatable bonds is 18. The lowest BCUT2D eigenvalue weighted by molar-refractivity contribution is -0.198. The summed E-state index contributed by atoms with van der Waals surface area (Å²) in [7, 11) is 4.90. The number of hydrogen-bond acceptors (Lipinski definition) is 11. The van der Waals surface area contributed by atoms with E-state index in [2.05, 4.69) is 11.0 Å². The van der Waals surface area contributed by atoms with E-state index in [4.69, 9.17) is 37.9 Å². The number of benzene rings is 2. The first-order chi connectivity index (χ1) is 23.6. The van der Waals surface area contributed by atoms with Crippen LogP contribution in [0.3, 0.4) is 0 Å². The Hall–Kier alpha value is -2.97. The van der Waals surface area contributed by atoms with Crippen LogP contribution in [0, 0.1) is 0 Å². The highest BCUT2D eigenvalue weighted by atomic mass is 16.6. The van der Waals surface area contributed by atoms with Gasteiger partial charge in [-0.15, -0.1) is 0 Å². The Morgan fingerprint density at radius 2 is 1.71 bits per heavy atom. The zero-order valence-electron chi connectivity index (χ0n) is 30.1. The summed E-state index contributed by atoms with van der Waals surface area (Å²) >= 11 is 0. The maximum atomic E-state index is 13.3. The van der Waals surface area contributed by atoms with Crippen molar-refractivity contribution in [2.75, 3.05) is 92.0 Å². The molecule has 2 aromatic rings. The number of piperidine rings is 1. The van der Waals surface area contributed by atoms with Gasteiger partial charge in [-0.3, -0.25) is 0 Å². The number of fused-ring (bicyclic) bond motifs is 1. The van der Waals surface area contributed by atoms with Gasteiger partial charge in [-0.1, -0.05) is 30.3 Å². The Bertz CT molecular complexity index is 1290. The monoisotopic (exact) mass is 688 g/mol. The van der Waals surface area contributed by atoms with Gasteiger partial charge in [-0.25, -0.2) is 4.79 Å². The van der Waals surface area contributed by atoms with Crippen molar-refractivity contribution in [1.29, 1.82) is 0 Å². The second kappa shape index (κ2) is 18.9. The SMILES string of the molecule is COCCCN1CCOc2ccc(CO[C@H]3CN(C(=O)OC(C)(C)C)CC[C@]3(OC[C@H](O)COC)c3ccc(COCCOC)cc3)cc21. The topological polar surface area (TPSA) is 118 Å². The third-order valence-electron chi connectivity index (χ3n) is 8.56. The highest BCUT2D eigenvalue weighted by Gasteiger charge is 2.48. The molecule has 0 saturated carbocycles. The van der Waals surface area contributed by atoms with Crippen LogP contribution < -0.4 is 9.64 Å². The Morgan fingerprint density at radius 3 is 2.43 bits per heavy atom. The standard InChI is InChI=1S/C37H56N2O10/c1-36(2,3)49-35(41)39-16-14-37(48-27-31(40)26-44-6,30-11-8-28(9-12-30)24-45-21-20-43-5)34(23-39)47-25-29-10-13-33-32(22-29)38(17-19-46-33)15-7-18-42-4/h8-13,22,31,34,40H,7,14-21,23-27H2,1-6H3/t31-,34+,37+/m1/s1. The second-order valence-corrected chi connectivity index (χ2v) is 13.5. The molecule has 1 fully saturated rings. The maximum Gasteiger partial charge on any atom is 0.410 e. The summed E-state index contributed by atoms with van der Waals surface area (Å²) in [5.74, 6) is 0.845. The fraction of sp³-hybridized carbons (Fsp3) is 0.649. The van der Waals surface area contributed by atoms with Crippen LogP contribution in [0.2, 0.25) is 0 Å². The lowest BCUT2D eigenvalue weighted by Crippen LogP contribution is -2.58. The number of amides is 1. The minimum atomic E-state index is -0.980. The molecule has 1 N–H and O–H groups in total. The summed E-state index contributed by atoms with van der Waals surface area (Å²) in [4.78, 5) is 17.3. The summed E-state index contributed by atoms with van der Waals surface area (Å²) < 4.78 is 46.5. The smallest absolute Gasteiger partial charge is 0.410 e. The van der Waals surface area contributed by atoms with Crippen LogP contribution in [0.15, 0.2) is 42.5 Å². The predicted octanol–water partition coefficient (Wildman–Crippen LogP) is 4.53. The van der Waals surface area contributed by atoms with Gasteiger partial charge in [0.15, 0.2) is 0 Å². The quantitative estimate of drug-likeness (QED) is 0.223. The largest absolute Gasteiger partial charge is 0.490 e. The van der Waals surface area contributed by atoms with E-state index in [-0.39, 0.29) is 26.4 Å². The Labute approximate surface area is 291 Å². The van der Waals surface area contributed by atoms with Crippen LogP contribution in [0.1, 0.15) is 50.3 Å². The molecular weight excluding hydrogens is 632 g/mol. The molecule has 0 spiro atoms. The molecule has 12 heteroatoms. The van der Waals surface area contributed by atoms with Crippen molar-refractivity contribution in [2.45, 2.75) is 70.2 Å². The third kappa shape index (κ3) is 11.3. The summed E-state index contributed by atoms with van der Waals surface area (Å²) in [6, 6.07) is 14.2. The van der Waals surface area contributed by atoms with E-state index in [0.29, 0.717) is 46.0 Å². The lowest BCUT2D eigenvalue weighted by Gasteiger charge is -2.47. The van der Waals surface area contributed by atoms with Gasteiger partial charge in [0.2, 0.25) is 0 Å². The lowest BCUT2D eigenvalue weighted by atomic mass is 9.81. The number of nitrogens with zero attached hydrogens (tertiary/aromatic N) is 2.